The molecular weight excluding hydrogens is 324 g/mol. The van der Waals surface area contributed by atoms with Crippen LogP contribution in [0.4, 0.5) is 0 Å². The van der Waals surface area contributed by atoms with Crippen molar-refractivity contribution in [2.24, 2.45) is 18.9 Å². The molecule has 1 aromatic heterocycles. The second-order valence-corrected chi connectivity index (χ2v) is 8.31. The standard InChI is InChI=1S/C18H27ClN4O/c1-12-16(19)17(21(2)20-12)18(24)23-10-14-6-7-15(11-23)22(9-14)8-13-4-3-5-13/h13-15H,3-11H2,1-2H3/t14-,15-/m1/s1. The maximum absolute atomic E-state index is 13.1. The van der Waals surface area contributed by atoms with Crippen LogP contribution < -0.4 is 0 Å². The Hall–Kier alpha value is -1.07. The van der Waals surface area contributed by atoms with E-state index in [0.29, 0.717) is 22.7 Å². The van der Waals surface area contributed by atoms with Crippen LogP contribution in [-0.4, -0.2) is 57.7 Å². The molecule has 6 heteroatoms. The molecule has 1 aliphatic carbocycles. The second-order valence-electron chi connectivity index (χ2n) is 7.93. The predicted molar refractivity (Wildman–Crippen MR) is 94.3 cm³/mol. The van der Waals surface area contributed by atoms with Gasteiger partial charge in [0, 0.05) is 39.3 Å². The Balaban J connectivity index is 1.51. The largest absolute Gasteiger partial charge is 0.335 e. The second kappa shape index (κ2) is 6.34. The number of aryl methyl sites for hydroxylation is 2. The highest BCUT2D eigenvalue weighted by Crippen LogP contribution is 2.34. The summed E-state index contributed by atoms with van der Waals surface area (Å²) >= 11 is 6.34. The smallest absolute Gasteiger partial charge is 0.273 e. The van der Waals surface area contributed by atoms with E-state index in [4.69, 9.17) is 11.6 Å². The normalized spacial score (nSPS) is 28.0. The Bertz CT molecular complexity index is 639. The highest BCUT2D eigenvalue weighted by atomic mass is 35.5. The first-order chi connectivity index (χ1) is 11.5. The number of carbonyl (C=O) groups excluding carboxylic acids is 1. The summed E-state index contributed by atoms with van der Waals surface area (Å²) < 4.78 is 1.64. The van der Waals surface area contributed by atoms with E-state index in [1.807, 2.05) is 11.8 Å². The number of hydrogen-bond donors (Lipinski definition) is 0. The summed E-state index contributed by atoms with van der Waals surface area (Å²) in [4.78, 5) is 17.8. The molecule has 1 aromatic rings. The quantitative estimate of drug-likeness (QED) is 0.841. The van der Waals surface area contributed by atoms with Gasteiger partial charge in [-0.2, -0.15) is 5.10 Å². The molecule has 5 rings (SSSR count). The van der Waals surface area contributed by atoms with Gasteiger partial charge in [0.1, 0.15) is 5.69 Å². The van der Waals surface area contributed by atoms with Crippen molar-refractivity contribution in [2.45, 2.75) is 45.1 Å². The monoisotopic (exact) mass is 350 g/mol. The average molecular weight is 351 g/mol. The summed E-state index contributed by atoms with van der Waals surface area (Å²) in [6.07, 6.45) is 6.64. The van der Waals surface area contributed by atoms with Crippen molar-refractivity contribution >= 4 is 17.5 Å². The molecule has 2 atom stereocenters. The van der Waals surface area contributed by atoms with Gasteiger partial charge in [0.05, 0.1) is 10.7 Å². The lowest BCUT2D eigenvalue weighted by molar-refractivity contribution is 0.0707. The zero-order valence-electron chi connectivity index (χ0n) is 14.7. The topological polar surface area (TPSA) is 41.4 Å². The minimum absolute atomic E-state index is 0.0468. The molecule has 0 aromatic carbocycles. The van der Waals surface area contributed by atoms with Crippen LogP contribution in [0.3, 0.4) is 0 Å². The lowest BCUT2D eigenvalue weighted by atomic mass is 9.83. The molecule has 132 valence electrons. The molecule has 0 unspecified atom stereocenters. The maximum atomic E-state index is 13.1. The van der Waals surface area contributed by atoms with Gasteiger partial charge in [0.15, 0.2) is 0 Å². The first-order valence-corrected chi connectivity index (χ1v) is 9.63. The summed E-state index contributed by atoms with van der Waals surface area (Å²) in [5, 5.41) is 4.81. The van der Waals surface area contributed by atoms with Crippen LogP contribution in [-0.2, 0) is 7.05 Å². The molecule has 3 saturated heterocycles. The van der Waals surface area contributed by atoms with Crippen LogP contribution in [0.2, 0.25) is 5.02 Å². The van der Waals surface area contributed by atoms with Gasteiger partial charge in [-0.25, -0.2) is 0 Å². The van der Waals surface area contributed by atoms with E-state index in [0.717, 1.165) is 31.2 Å². The van der Waals surface area contributed by atoms with Crippen LogP contribution in [0.25, 0.3) is 0 Å². The third kappa shape index (κ3) is 2.86. The number of rotatable bonds is 3. The first-order valence-electron chi connectivity index (χ1n) is 9.25. The molecule has 0 radical (unpaired) electrons. The number of amides is 1. The summed E-state index contributed by atoms with van der Waals surface area (Å²) in [5.41, 5.74) is 1.27. The number of hydrogen-bond acceptors (Lipinski definition) is 3. The molecule has 0 spiro atoms. The Kier molecular flexibility index (Phi) is 4.33. The van der Waals surface area contributed by atoms with Gasteiger partial charge in [0.2, 0.25) is 0 Å². The number of halogens is 1. The van der Waals surface area contributed by atoms with Crippen LogP contribution in [0.15, 0.2) is 0 Å². The van der Waals surface area contributed by atoms with E-state index in [2.05, 4.69) is 10.00 Å². The van der Waals surface area contributed by atoms with Crippen molar-refractivity contribution in [1.29, 1.82) is 0 Å². The molecule has 4 heterocycles. The van der Waals surface area contributed by atoms with E-state index in [1.54, 1.807) is 11.7 Å². The van der Waals surface area contributed by atoms with Gasteiger partial charge in [0.25, 0.3) is 5.91 Å². The van der Waals surface area contributed by atoms with Crippen molar-refractivity contribution in [3.63, 3.8) is 0 Å². The van der Waals surface area contributed by atoms with E-state index in [9.17, 15) is 4.79 Å². The molecule has 0 N–H and O–H groups in total. The van der Waals surface area contributed by atoms with Gasteiger partial charge in [-0.1, -0.05) is 18.0 Å². The van der Waals surface area contributed by atoms with E-state index in [1.165, 1.54) is 38.6 Å². The van der Waals surface area contributed by atoms with Crippen molar-refractivity contribution in [3.05, 3.63) is 16.4 Å². The van der Waals surface area contributed by atoms with Crippen LogP contribution in [0.1, 0.15) is 48.3 Å². The first kappa shape index (κ1) is 16.4. The Morgan fingerprint density at radius 2 is 2.00 bits per heavy atom. The van der Waals surface area contributed by atoms with Gasteiger partial charge in [-0.15, -0.1) is 0 Å². The predicted octanol–water partition coefficient (Wildman–Crippen LogP) is 2.72. The van der Waals surface area contributed by atoms with Crippen LogP contribution >= 0.6 is 11.6 Å². The van der Waals surface area contributed by atoms with Crippen molar-refractivity contribution < 1.29 is 4.79 Å². The molecule has 1 saturated carbocycles. The van der Waals surface area contributed by atoms with Crippen molar-refractivity contribution in [3.8, 4) is 0 Å². The van der Waals surface area contributed by atoms with Crippen LogP contribution in [0.5, 0.6) is 0 Å². The fourth-order valence-electron chi connectivity index (χ4n) is 4.59. The Morgan fingerprint density at radius 1 is 1.21 bits per heavy atom. The fraction of sp³-hybridized carbons (Fsp3) is 0.778. The molecule has 1 amide bonds. The number of aromatic nitrogens is 2. The molecule has 24 heavy (non-hydrogen) atoms. The number of piperidine rings is 1. The van der Waals surface area contributed by atoms with E-state index >= 15 is 0 Å². The lowest BCUT2D eigenvalue weighted by Crippen LogP contribution is -2.47. The molecule has 4 aliphatic rings. The third-order valence-electron chi connectivity index (χ3n) is 6.18. The highest BCUT2D eigenvalue weighted by Gasteiger charge is 2.38. The van der Waals surface area contributed by atoms with Crippen molar-refractivity contribution in [1.82, 2.24) is 19.6 Å². The SMILES string of the molecule is Cc1nn(C)c(C(=O)N2C[C@@H]3CC[C@H](C2)N(CC2CCC2)C3)c1Cl. The lowest BCUT2D eigenvalue weighted by Gasteiger charge is -2.40. The number of fused-ring (bicyclic) bond motifs is 4. The highest BCUT2D eigenvalue weighted by molar-refractivity contribution is 6.34. The third-order valence-corrected chi connectivity index (χ3v) is 6.64. The minimum Gasteiger partial charge on any atom is -0.335 e. The maximum Gasteiger partial charge on any atom is 0.273 e. The number of carbonyl (C=O) groups is 1. The van der Waals surface area contributed by atoms with Gasteiger partial charge in [-0.05, 0) is 44.4 Å². The van der Waals surface area contributed by atoms with Gasteiger partial charge < -0.3 is 4.90 Å². The molecule has 3 aliphatic heterocycles. The Morgan fingerprint density at radius 3 is 2.62 bits per heavy atom. The fourth-order valence-corrected chi connectivity index (χ4v) is 4.83. The number of nitrogens with zero attached hydrogens (tertiary/aromatic N) is 4. The van der Waals surface area contributed by atoms with E-state index in [-0.39, 0.29) is 5.91 Å². The molecule has 5 nitrogen and oxygen atoms in total. The zero-order valence-corrected chi connectivity index (χ0v) is 15.4. The molecule has 2 bridgehead atoms. The molecule has 4 fully saturated rings. The summed E-state index contributed by atoms with van der Waals surface area (Å²) in [5.74, 6) is 1.54. The summed E-state index contributed by atoms with van der Waals surface area (Å²) in [6.45, 7) is 5.93. The van der Waals surface area contributed by atoms with Crippen LogP contribution in [0, 0.1) is 18.8 Å². The summed E-state index contributed by atoms with van der Waals surface area (Å²) in [7, 11) is 1.81. The van der Waals surface area contributed by atoms with E-state index < -0.39 is 0 Å². The average Bonchev–Trinajstić information content (AvgIpc) is 2.71. The zero-order chi connectivity index (χ0) is 16.8. The summed E-state index contributed by atoms with van der Waals surface area (Å²) in [6, 6.07) is 0.515. The van der Waals surface area contributed by atoms with Gasteiger partial charge >= 0.3 is 0 Å². The minimum atomic E-state index is 0.0468. The van der Waals surface area contributed by atoms with Gasteiger partial charge in [-0.3, -0.25) is 14.4 Å². The molecular formula is C18H27ClN4O. The Labute approximate surface area is 148 Å². The van der Waals surface area contributed by atoms with Crippen molar-refractivity contribution in [2.75, 3.05) is 26.2 Å².